The molecule has 0 aliphatic rings. The molecule has 0 spiro atoms. The van der Waals surface area contributed by atoms with Crippen molar-refractivity contribution in [3.63, 3.8) is 0 Å². The lowest BCUT2D eigenvalue weighted by Gasteiger charge is -2.11. The Hall–Kier alpha value is -2.44. The number of hydrogen-bond donors (Lipinski definition) is 1. The van der Waals surface area contributed by atoms with Crippen LogP contribution in [0.1, 0.15) is 18.0 Å². The lowest BCUT2D eigenvalue weighted by molar-refractivity contribution is 0.601. The number of nitrogens with zero attached hydrogens (tertiary/aromatic N) is 1. The number of hydrogen-bond acceptors (Lipinski definition) is 4. The summed E-state index contributed by atoms with van der Waals surface area (Å²) < 4.78 is 13.9. The normalized spacial score (nSPS) is 12.4. The molecule has 0 bridgehead atoms. The smallest absolute Gasteiger partial charge is 0.260 e. The zero-order chi connectivity index (χ0) is 18.1. The highest BCUT2D eigenvalue weighted by atomic mass is 32.2. The van der Waals surface area contributed by atoms with E-state index in [4.69, 9.17) is 0 Å². The molecule has 2 heterocycles. The summed E-state index contributed by atoms with van der Waals surface area (Å²) in [6.45, 7) is 1.91. The third-order valence-electron chi connectivity index (χ3n) is 4.07. The summed E-state index contributed by atoms with van der Waals surface area (Å²) in [7, 11) is 0. The Kier molecular flexibility index (Phi) is 4.61. The zero-order valence-corrected chi connectivity index (χ0v) is 15.5. The van der Waals surface area contributed by atoms with Gasteiger partial charge in [-0.05, 0) is 24.6 Å². The van der Waals surface area contributed by atoms with Crippen molar-refractivity contribution in [1.29, 1.82) is 0 Å². The minimum absolute atomic E-state index is 0.161. The number of thiophene rings is 1. The van der Waals surface area contributed by atoms with Gasteiger partial charge in [-0.15, -0.1) is 23.1 Å². The average Bonchev–Trinajstić information content (AvgIpc) is 3.09. The fourth-order valence-electron chi connectivity index (χ4n) is 2.77. The molecule has 26 heavy (non-hydrogen) atoms. The van der Waals surface area contributed by atoms with E-state index in [9.17, 15) is 9.18 Å². The lowest BCUT2D eigenvalue weighted by Crippen LogP contribution is -2.12. The van der Waals surface area contributed by atoms with Crippen LogP contribution < -0.4 is 5.56 Å². The fraction of sp³-hybridized carbons (Fsp3) is 0.100. The maximum Gasteiger partial charge on any atom is 0.260 e. The number of rotatable bonds is 4. The molecule has 2 aromatic heterocycles. The highest BCUT2D eigenvalue weighted by molar-refractivity contribution is 7.99. The van der Waals surface area contributed by atoms with Crippen LogP contribution in [-0.2, 0) is 0 Å². The molecule has 1 atom stereocenters. The van der Waals surface area contributed by atoms with E-state index in [1.54, 1.807) is 18.2 Å². The number of benzene rings is 2. The Morgan fingerprint density at radius 1 is 1.12 bits per heavy atom. The zero-order valence-electron chi connectivity index (χ0n) is 13.9. The summed E-state index contributed by atoms with van der Waals surface area (Å²) in [4.78, 5) is 21.5. The maximum absolute atomic E-state index is 13.9. The van der Waals surface area contributed by atoms with Crippen LogP contribution in [0.2, 0.25) is 0 Å². The first-order valence-electron chi connectivity index (χ1n) is 8.11. The molecule has 0 saturated carbocycles. The predicted molar refractivity (Wildman–Crippen MR) is 106 cm³/mol. The minimum atomic E-state index is -0.268. The Bertz CT molecular complexity index is 1120. The molecule has 0 radical (unpaired) electrons. The largest absolute Gasteiger partial charge is 0.309 e. The predicted octanol–water partition coefficient (Wildman–Crippen LogP) is 5.64. The number of H-pyrrole nitrogens is 1. The molecular weight excluding hydrogens is 367 g/mol. The Morgan fingerprint density at radius 3 is 2.62 bits per heavy atom. The van der Waals surface area contributed by atoms with Gasteiger partial charge in [-0.25, -0.2) is 9.37 Å². The van der Waals surface area contributed by atoms with Crippen LogP contribution in [0.3, 0.4) is 0 Å². The molecule has 0 aliphatic carbocycles. The van der Waals surface area contributed by atoms with Gasteiger partial charge in [-0.1, -0.05) is 42.5 Å². The van der Waals surface area contributed by atoms with Gasteiger partial charge in [0.25, 0.3) is 5.56 Å². The van der Waals surface area contributed by atoms with E-state index >= 15 is 0 Å². The van der Waals surface area contributed by atoms with Gasteiger partial charge in [0.2, 0.25) is 0 Å². The van der Waals surface area contributed by atoms with Crippen LogP contribution in [0, 0.1) is 5.82 Å². The van der Waals surface area contributed by atoms with E-state index < -0.39 is 0 Å². The molecule has 4 rings (SSSR count). The van der Waals surface area contributed by atoms with Gasteiger partial charge in [-0.2, -0.15) is 0 Å². The van der Waals surface area contributed by atoms with Crippen molar-refractivity contribution in [3.05, 3.63) is 82.0 Å². The molecule has 0 aliphatic heterocycles. The molecule has 1 N–H and O–H groups in total. The number of aromatic amines is 1. The molecular formula is C20H15FN2OS2. The van der Waals surface area contributed by atoms with Gasteiger partial charge in [0.15, 0.2) is 0 Å². The quantitative estimate of drug-likeness (QED) is 0.464. The molecule has 4 aromatic rings. The van der Waals surface area contributed by atoms with E-state index in [1.807, 2.05) is 42.6 Å². The van der Waals surface area contributed by atoms with Gasteiger partial charge in [-0.3, -0.25) is 4.79 Å². The molecule has 3 nitrogen and oxygen atoms in total. The van der Waals surface area contributed by atoms with Crippen molar-refractivity contribution < 1.29 is 4.39 Å². The first-order valence-corrected chi connectivity index (χ1v) is 9.87. The standard InChI is InChI=1S/C20H15FN2OS2/c1-12(26-16-10-6-5-9-15(16)21)18-22-19(24)17-14(11-25-20(17)23-18)13-7-3-2-4-8-13/h2-12H,1H3,(H,22,23,24). The highest BCUT2D eigenvalue weighted by Gasteiger charge is 2.17. The third kappa shape index (κ3) is 3.18. The van der Waals surface area contributed by atoms with Crippen LogP contribution in [0.15, 0.2) is 69.7 Å². The van der Waals surface area contributed by atoms with E-state index in [0.717, 1.165) is 11.1 Å². The highest BCUT2D eigenvalue weighted by Crippen LogP contribution is 2.36. The van der Waals surface area contributed by atoms with Gasteiger partial charge < -0.3 is 4.98 Å². The summed E-state index contributed by atoms with van der Waals surface area (Å²) >= 11 is 2.79. The van der Waals surface area contributed by atoms with E-state index in [-0.39, 0.29) is 16.6 Å². The summed E-state index contributed by atoms with van der Waals surface area (Å²) in [6, 6.07) is 16.4. The first-order chi connectivity index (χ1) is 12.6. The fourth-order valence-corrected chi connectivity index (χ4v) is 4.67. The van der Waals surface area contributed by atoms with Crippen LogP contribution in [0.4, 0.5) is 4.39 Å². The first kappa shape index (κ1) is 17.0. The molecule has 0 amide bonds. The Labute approximate surface area is 157 Å². The molecule has 130 valence electrons. The Balaban J connectivity index is 1.72. The van der Waals surface area contributed by atoms with Crippen LogP contribution in [0.5, 0.6) is 0 Å². The molecule has 1 unspecified atom stereocenters. The SMILES string of the molecule is CC(Sc1ccccc1F)c1nc2scc(-c3ccccc3)c2c(=O)[nH]1. The third-order valence-corrected chi connectivity index (χ3v) is 6.11. The Morgan fingerprint density at radius 2 is 1.85 bits per heavy atom. The molecule has 0 saturated heterocycles. The molecule has 6 heteroatoms. The lowest BCUT2D eigenvalue weighted by atomic mass is 10.1. The van der Waals surface area contributed by atoms with Gasteiger partial charge in [0.05, 0.1) is 10.6 Å². The minimum Gasteiger partial charge on any atom is -0.309 e. The second-order valence-corrected chi connectivity index (χ2v) is 8.08. The summed E-state index contributed by atoms with van der Waals surface area (Å²) in [5, 5.41) is 2.39. The monoisotopic (exact) mass is 382 g/mol. The molecule has 0 fully saturated rings. The van der Waals surface area contributed by atoms with Crippen molar-refractivity contribution in [2.45, 2.75) is 17.1 Å². The summed E-state index contributed by atoms with van der Waals surface area (Å²) in [5.41, 5.74) is 1.72. The van der Waals surface area contributed by atoms with Crippen molar-refractivity contribution in [3.8, 4) is 11.1 Å². The van der Waals surface area contributed by atoms with Crippen molar-refractivity contribution in [2.24, 2.45) is 0 Å². The van der Waals surface area contributed by atoms with E-state index in [2.05, 4.69) is 9.97 Å². The van der Waals surface area contributed by atoms with Gasteiger partial charge in [0, 0.05) is 15.8 Å². The summed E-state index contributed by atoms with van der Waals surface area (Å²) in [6.07, 6.45) is 0. The maximum atomic E-state index is 13.9. The van der Waals surface area contributed by atoms with Crippen molar-refractivity contribution >= 4 is 33.3 Å². The number of thioether (sulfide) groups is 1. The average molecular weight is 382 g/mol. The van der Waals surface area contributed by atoms with Crippen LogP contribution in [0.25, 0.3) is 21.3 Å². The second kappa shape index (κ2) is 7.05. The number of nitrogens with one attached hydrogen (secondary N) is 1. The molecule has 2 aromatic carbocycles. The van der Waals surface area contributed by atoms with Crippen molar-refractivity contribution in [2.75, 3.05) is 0 Å². The number of fused-ring (bicyclic) bond motifs is 1. The van der Waals surface area contributed by atoms with E-state index in [0.29, 0.717) is 20.9 Å². The van der Waals surface area contributed by atoms with Gasteiger partial charge >= 0.3 is 0 Å². The van der Waals surface area contributed by atoms with Crippen molar-refractivity contribution in [1.82, 2.24) is 9.97 Å². The summed E-state index contributed by atoms with van der Waals surface area (Å²) in [5.74, 6) is 0.285. The number of halogens is 1. The second-order valence-electron chi connectivity index (χ2n) is 5.84. The number of aromatic nitrogens is 2. The van der Waals surface area contributed by atoms with Crippen LogP contribution in [-0.4, -0.2) is 9.97 Å². The van der Waals surface area contributed by atoms with Crippen LogP contribution >= 0.6 is 23.1 Å². The van der Waals surface area contributed by atoms with Gasteiger partial charge in [0.1, 0.15) is 16.5 Å². The topological polar surface area (TPSA) is 45.8 Å². The van der Waals surface area contributed by atoms with E-state index in [1.165, 1.54) is 29.2 Å².